The summed E-state index contributed by atoms with van der Waals surface area (Å²) in [6.07, 6.45) is 6.35. The Morgan fingerprint density at radius 2 is 1.77 bits per heavy atom. The highest BCUT2D eigenvalue weighted by molar-refractivity contribution is 5.55. The molecule has 1 aromatic rings. The second-order valence-corrected chi connectivity index (χ2v) is 3.30. The molecule has 0 aliphatic carbocycles. The van der Waals surface area contributed by atoms with Crippen molar-refractivity contribution in [1.29, 1.82) is 0 Å². The maximum Gasteiger partial charge on any atom is -0.0254 e. The van der Waals surface area contributed by atoms with Crippen LogP contribution in [0.5, 0.6) is 0 Å². The van der Waals surface area contributed by atoms with Crippen LogP contribution < -0.4 is 0 Å². The minimum Gasteiger partial charge on any atom is -0.0874 e. The predicted octanol–water partition coefficient (Wildman–Crippen LogP) is 3.97. The summed E-state index contributed by atoms with van der Waals surface area (Å²) in [4.78, 5) is 0. The molecule has 0 saturated heterocycles. The molecule has 68 valence electrons. The molecule has 1 aromatic carbocycles. The van der Waals surface area contributed by atoms with E-state index in [4.69, 9.17) is 0 Å². The molecule has 0 saturated carbocycles. The minimum atomic E-state index is 1.27. The fraction of sp³-hybridized carbons (Fsp3) is 0.231. The number of rotatable bonds is 2. The molecule has 0 heterocycles. The first-order valence-electron chi connectivity index (χ1n) is 4.60. The van der Waals surface area contributed by atoms with E-state index >= 15 is 0 Å². The fourth-order valence-electron chi connectivity index (χ4n) is 1.24. The van der Waals surface area contributed by atoms with Crippen LogP contribution in [0.1, 0.15) is 25.0 Å². The van der Waals surface area contributed by atoms with Gasteiger partial charge in [-0.1, -0.05) is 53.6 Å². The lowest BCUT2D eigenvalue weighted by Crippen LogP contribution is -1.75. The minimum absolute atomic E-state index is 1.27. The topological polar surface area (TPSA) is 0 Å². The molecule has 0 bridgehead atoms. The Hall–Kier alpha value is -1.30. The maximum atomic E-state index is 2.18. The van der Waals surface area contributed by atoms with Gasteiger partial charge in [-0.05, 0) is 26.3 Å². The van der Waals surface area contributed by atoms with Gasteiger partial charge in [-0.3, -0.25) is 0 Å². The summed E-state index contributed by atoms with van der Waals surface area (Å²) in [5.41, 5.74) is 3.85. The largest absolute Gasteiger partial charge is 0.0874 e. The molecule has 0 unspecified atom stereocenters. The fourth-order valence-corrected chi connectivity index (χ4v) is 1.24. The van der Waals surface area contributed by atoms with Crippen molar-refractivity contribution < 1.29 is 0 Å². The van der Waals surface area contributed by atoms with Crippen LogP contribution in [0, 0.1) is 6.92 Å². The summed E-state index contributed by atoms with van der Waals surface area (Å²) in [7, 11) is 0. The third-order valence-electron chi connectivity index (χ3n) is 1.90. The quantitative estimate of drug-likeness (QED) is 0.592. The molecule has 0 amide bonds. The first-order chi connectivity index (χ1) is 6.22. The first kappa shape index (κ1) is 9.79. The van der Waals surface area contributed by atoms with Gasteiger partial charge in [0.2, 0.25) is 0 Å². The van der Waals surface area contributed by atoms with Gasteiger partial charge in [0.05, 0.1) is 0 Å². The SMILES string of the molecule is CC=CC(C)=Cc1ccc(C)cc1. The van der Waals surface area contributed by atoms with E-state index in [1.807, 2.05) is 6.92 Å². The van der Waals surface area contributed by atoms with E-state index in [2.05, 4.69) is 56.3 Å². The van der Waals surface area contributed by atoms with Crippen molar-refractivity contribution in [2.75, 3.05) is 0 Å². The highest BCUT2D eigenvalue weighted by Crippen LogP contribution is 2.08. The standard InChI is InChI=1S/C13H16/c1-4-5-12(3)10-13-8-6-11(2)7-9-13/h4-10H,1-3H3. The van der Waals surface area contributed by atoms with Crippen LogP contribution in [0.3, 0.4) is 0 Å². The zero-order valence-electron chi connectivity index (χ0n) is 8.54. The van der Waals surface area contributed by atoms with Crippen LogP contribution in [0.4, 0.5) is 0 Å². The van der Waals surface area contributed by atoms with Crippen LogP contribution in [0.2, 0.25) is 0 Å². The summed E-state index contributed by atoms with van der Waals surface area (Å²) in [5.74, 6) is 0. The Kier molecular flexibility index (Phi) is 3.51. The van der Waals surface area contributed by atoms with Gasteiger partial charge in [-0.25, -0.2) is 0 Å². The average molecular weight is 172 g/mol. The van der Waals surface area contributed by atoms with E-state index < -0.39 is 0 Å². The van der Waals surface area contributed by atoms with Crippen molar-refractivity contribution in [2.24, 2.45) is 0 Å². The first-order valence-corrected chi connectivity index (χ1v) is 4.60. The Morgan fingerprint density at radius 1 is 1.15 bits per heavy atom. The number of benzene rings is 1. The highest BCUT2D eigenvalue weighted by atomic mass is 13.9. The Balaban J connectivity index is 2.85. The van der Waals surface area contributed by atoms with E-state index in [0.29, 0.717) is 0 Å². The summed E-state index contributed by atoms with van der Waals surface area (Å²) in [6.45, 7) is 6.25. The second-order valence-electron chi connectivity index (χ2n) is 3.30. The Bertz CT molecular complexity index is 312. The predicted molar refractivity (Wildman–Crippen MR) is 59.6 cm³/mol. The van der Waals surface area contributed by atoms with Crippen molar-refractivity contribution in [3.05, 3.63) is 53.1 Å². The van der Waals surface area contributed by atoms with E-state index in [0.717, 1.165) is 0 Å². The molecule has 0 fully saturated rings. The van der Waals surface area contributed by atoms with Gasteiger partial charge >= 0.3 is 0 Å². The zero-order valence-corrected chi connectivity index (χ0v) is 8.54. The molecule has 13 heavy (non-hydrogen) atoms. The lowest BCUT2D eigenvalue weighted by Gasteiger charge is -1.96. The zero-order chi connectivity index (χ0) is 9.68. The van der Waals surface area contributed by atoms with Crippen LogP contribution in [-0.4, -0.2) is 0 Å². The van der Waals surface area contributed by atoms with Crippen molar-refractivity contribution in [2.45, 2.75) is 20.8 Å². The molecule has 0 aliphatic heterocycles. The molecule has 0 spiro atoms. The van der Waals surface area contributed by atoms with Crippen LogP contribution >= 0.6 is 0 Å². The molecular formula is C13H16. The van der Waals surface area contributed by atoms with Crippen molar-refractivity contribution >= 4 is 6.08 Å². The Morgan fingerprint density at radius 3 is 2.31 bits per heavy atom. The third-order valence-corrected chi connectivity index (χ3v) is 1.90. The van der Waals surface area contributed by atoms with Crippen LogP contribution in [-0.2, 0) is 0 Å². The highest BCUT2D eigenvalue weighted by Gasteiger charge is 1.87. The molecule has 0 N–H and O–H groups in total. The van der Waals surface area contributed by atoms with Crippen molar-refractivity contribution in [3.63, 3.8) is 0 Å². The monoisotopic (exact) mass is 172 g/mol. The normalized spacial score (nSPS) is 12.4. The summed E-state index contributed by atoms with van der Waals surface area (Å²) >= 11 is 0. The van der Waals surface area contributed by atoms with Gasteiger partial charge in [-0.2, -0.15) is 0 Å². The number of aryl methyl sites for hydroxylation is 1. The van der Waals surface area contributed by atoms with Gasteiger partial charge < -0.3 is 0 Å². The average Bonchev–Trinajstić information content (AvgIpc) is 2.09. The molecule has 0 atom stereocenters. The van der Waals surface area contributed by atoms with Gasteiger partial charge in [0.25, 0.3) is 0 Å². The third kappa shape index (κ3) is 3.29. The summed E-state index contributed by atoms with van der Waals surface area (Å²) < 4.78 is 0. The second kappa shape index (κ2) is 4.66. The smallest absolute Gasteiger partial charge is 0.0254 e. The maximum absolute atomic E-state index is 2.18. The van der Waals surface area contributed by atoms with Gasteiger partial charge in [-0.15, -0.1) is 0 Å². The van der Waals surface area contributed by atoms with Crippen LogP contribution in [0.25, 0.3) is 6.08 Å². The molecule has 0 aliphatic rings. The molecule has 0 radical (unpaired) electrons. The molecular weight excluding hydrogens is 156 g/mol. The lowest BCUT2D eigenvalue weighted by atomic mass is 10.1. The van der Waals surface area contributed by atoms with Gasteiger partial charge in [0.1, 0.15) is 0 Å². The molecule has 0 nitrogen and oxygen atoms in total. The molecule has 0 aromatic heterocycles. The van der Waals surface area contributed by atoms with Crippen molar-refractivity contribution in [1.82, 2.24) is 0 Å². The Labute approximate surface area is 80.6 Å². The van der Waals surface area contributed by atoms with E-state index in [1.165, 1.54) is 16.7 Å². The van der Waals surface area contributed by atoms with Gasteiger partial charge in [0, 0.05) is 0 Å². The molecule has 0 heteroatoms. The summed E-state index contributed by atoms with van der Waals surface area (Å²) in [5, 5.41) is 0. The van der Waals surface area contributed by atoms with E-state index in [9.17, 15) is 0 Å². The number of hydrogen-bond acceptors (Lipinski definition) is 0. The van der Waals surface area contributed by atoms with E-state index in [-0.39, 0.29) is 0 Å². The van der Waals surface area contributed by atoms with E-state index in [1.54, 1.807) is 0 Å². The number of hydrogen-bond donors (Lipinski definition) is 0. The lowest BCUT2D eigenvalue weighted by molar-refractivity contribution is 1.45. The van der Waals surface area contributed by atoms with Crippen LogP contribution in [0.15, 0.2) is 42.0 Å². The van der Waals surface area contributed by atoms with Crippen molar-refractivity contribution in [3.8, 4) is 0 Å². The molecule has 1 rings (SSSR count). The summed E-state index contributed by atoms with van der Waals surface area (Å²) in [6, 6.07) is 8.55. The van der Waals surface area contributed by atoms with Gasteiger partial charge in [0.15, 0.2) is 0 Å². The number of allylic oxidation sites excluding steroid dienone is 3.